The van der Waals surface area contributed by atoms with Gasteiger partial charge in [0.2, 0.25) is 0 Å². The monoisotopic (exact) mass is 320 g/mol. The van der Waals surface area contributed by atoms with Crippen LogP contribution in [0.4, 0.5) is 5.82 Å². The lowest BCUT2D eigenvalue weighted by atomic mass is 10.0. The Morgan fingerprint density at radius 3 is 2.73 bits per heavy atom. The molecule has 0 aliphatic carbocycles. The van der Waals surface area contributed by atoms with Crippen molar-refractivity contribution in [1.29, 1.82) is 0 Å². The molecule has 0 fully saturated rings. The summed E-state index contributed by atoms with van der Waals surface area (Å²) in [4.78, 5) is 19.3. The normalized spacial score (nSPS) is 11.9. The number of ether oxygens (including phenoxy) is 1. The predicted molar refractivity (Wildman–Crippen MR) is 84.9 cm³/mol. The van der Waals surface area contributed by atoms with Gasteiger partial charge in [0.1, 0.15) is 11.5 Å². The van der Waals surface area contributed by atoms with Crippen molar-refractivity contribution in [2.75, 3.05) is 19.0 Å². The van der Waals surface area contributed by atoms with Crippen molar-refractivity contribution >= 4 is 23.3 Å². The minimum absolute atomic E-state index is 0.0466. The zero-order valence-electron chi connectivity index (χ0n) is 12.1. The van der Waals surface area contributed by atoms with Crippen LogP contribution < -0.4 is 11.1 Å². The molecular formula is C15H17ClN4O2. The molecule has 0 radical (unpaired) electrons. The summed E-state index contributed by atoms with van der Waals surface area (Å²) in [5.41, 5.74) is 6.37. The van der Waals surface area contributed by atoms with E-state index < -0.39 is 5.91 Å². The average molecular weight is 321 g/mol. The van der Waals surface area contributed by atoms with Gasteiger partial charge in [0.25, 0.3) is 5.91 Å². The lowest BCUT2D eigenvalue weighted by Gasteiger charge is -2.19. The topological polar surface area (TPSA) is 90.1 Å². The minimum atomic E-state index is -0.615. The molecule has 0 saturated carbocycles. The fourth-order valence-corrected chi connectivity index (χ4v) is 2.11. The Kier molecular flexibility index (Phi) is 5.68. The predicted octanol–water partition coefficient (Wildman–Crippen LogP) is 2.42. The SMILES string of the molecule is COCCC(Nc1cncc(C(N)=O)n1)c1ccc(Cl)cc1. The third kappa shape index (κ3) is 4.41. The van der Waals surface area contributed by atoms with Gasteiger partial charge in [-0.25, -0.2) is 4.98 Å². The van der Waals surface area contributed by atoms with Gasteiger partial charge in [-0.2, -0.15) is 0 Å². The van der Waals surface area contributed by atoms with Gasteiger partial charge in [-0.15, -0.1) is 0 Å². The number of rotatable bonds is 7. The van der Waals surface area contributed by atoms with Crippen molar-refractivity contribution in [3.8, 4) is 0 Å². The Bertz CT molecular complexity index is 634. The highest BCUT2D eigenvalue weighted by Crippen LogP contribution is 2.23. The Balaban J connectivity index is 2.20. The molecule has 0 spiro atoms. The molecule has 1 unspecified atom stereocenters. The number of anilines is 1. The molecule has 6 nitrogen and oxygen atoms in total. The van der Waals surface area contributed by atoms with E-state index in [1.54, 1.807) is 13.3 Å². The lowest BCUT2D eigenvalue weighted by molar-refractivity contribution is 0.0995. The molecule has 2 rings (SSSR count). The van der Waals surface area contributed by atoms with Crippen LogP contribution >= 0.6 is 11.6 Å². The van der Waals surface area contributed by atoms with Crippen LogP contribution in [0, 0.1) is 0 Å². The minimum Gasteiger partial charge on any atom is -0.385 e. The van der Waals surface area contributed by atoms with E-state index in [-0.39, 0.29) is 11.7 Å². The second kappa shape index (κ2) is 7.72. The first-order valence-electron chi connectivity index (χ1n) is 6.73. The van der Waals surface area contributed by atoms with Crippen LogP contribution in [0.2, 0.25) is 5.02 Å². The summed E-state index contributed by atoms with van der Waals surface area (Å²) in [5.74, 6) is -0.136. The summed E-state index contributed by atoms with van der Waals surface area (Å²) >= 11 is 5.92. The molecular weight excluding hydrogens is 304 g/mol. The van der Waals surface area contributed by atoms with Gasteiger partial charge in [-0.3, -0.25) is 9.78 Å². The Morgan fingerprint density at radius 2 is 2.09 bits per heavy atom. The van der Waals surface area contributed by atoms with E-state index in [2.05, 4.69) is 15.3 Å². The van der Waals surface area contributed by atoms with Crippen LogP contribution in [0.15, 0.2) is 36.7 Å². The number of primary amides is 1. The molecule has 1 amide bonds. The van der Waals surface area contributed by atoms with Crippen LogP contribution in [0.5, 0.6) is 0 Å². The molecule has 1 heterocycles. The molecule has 22 heavy (non-hydrogen) atoms. The third-order valence-corrected chi connectivity index (χ3v) is 3.34. The van der Waals surface area contributed by atoms with Crippen molar-refractivity contribution in [2.45, 2.75) is 12.5 Å². The number of hydrogen-bond donors (Lipinski definition) is 2. The van der Waals surface area contributed by atoms with E-state index in [1.807, 2.05) is 24.3 Å². The van der Waals surface area contributed by atoms with Gasteiger partial charge in [0, 0.05) is 18.7 Å². The van der Waals surface area contributed by atoms with Gasteiger partial charge in [-0.1, -0.05) is 23.7 Å². The zero-order valence-corrected chi connectivity index (χ0v) is 12.9. The highest BCUT2D eigenvalue weighted by molar-refractivity contribution is 6.30. The first kappa shape index (κ1) is 16.2. The number of nitrogens with one attached hydrogen (secondary N) is 1. The molecule has 0 aliphatic heterocycles. The standard InChI is InChI=1S/C15H17ClN4O2/c1-22-7-6-12(10-2-4-11(16)5-3-10)19-14-9-18-8-13(20-14)15(17)21/h2-5,8-9,12H,6-7H2,1H3,(H2,17,21)(H,19,20). The number of aromatic nitrogens is 2. The van der Waals surface area contributed by atoms with Crippen molar-refractivity contribution in [3.05, 3.63) is 52.9 Å². The van der Waals surface area contributed by atoms with Crippen LogP contribution in [-0.4, -0.2) is 29.6 Å². The molecule has 3 N–H and O–H groups in total. The second-order valence-corrected chi connectivity index (χ2v) is 5.12. The van der Waals surface area contributed by atoms with Crippen molar-refractivity contribution < 1.29 is 9.53 Å². The molecule has 0 aliphatic rings. The molecule has 7 heteroatoms. The molecule has 1 atom stereocenters. The van der Waals surface area contributed by atoms with Crippen molar-refractivity contribution in [2.24, 2.45) is 5.73 Å². The summed E-state index contributed by atoms with van der Waals surface area (Å²) in [6, 6.07) is 7.46. The Morgan fingerprint density at radius 1 is 1.36 bits per heavy atom. The quantitative estimate of drug-likeness (QED) is 0.817. The maximum Gasteiger partial charge on any atom is 0.268 e. The fraction of sp³-hybridized carbons (Fsp3) is 0.267. The number of nitrogens with zero attached hydrogens (tertiary/aromatic N) is 2. The number of nitrogens with two attached hydrogens (primary N) is 1. The summed E-state index contributed by atoms with van der Waals surface area (Å²) in [6.45, 7) is 0.573. The number of carbonyl (C=O) groups is 1. The van der Waals surface area contributed by atoms with Gasteiger partial charge in [0.05, 0.1) is 18.4 Å². The number of benzene rings is 1. The van der Waals surface area contributed by atoms with Gasteiger partial charge in [0.15, 0.2) is 0 Å². The van der Waals surface area contributed by atoms with E-state index in [9.17, 15) is 4.79 Å². The molecule has 1 aromatic carbocycles. The highest BCUT2D eigenvalue weighted by atomic mass is 35.5. The largest absolute Gasteiger partial charge is 0.385 e. The zero-order chi connectivity index (χ0) is 15.9. The lowest BCUT2D eigenvalue weighted by Crippen LogP contribution is -2.17. The Labute approximate surface area is 133 Å². The first-order chi connectivity index (χ1) is 10.6. The number of amides is 1. The first-order valence-corrected chi connectivity index (χ1v) is 7.10. The fourth-order valence-electron chi connectivity index (χ4n) is 1.99. The molecule has 0 saturated heterocycles. The van der Waals surface area contributed by atoms with Crippen molar-refractivity contribution in [1.82, 2.24) is 9.97 Å². The van der Waals surface area contributed by atoms with E-state index in [0.29, 0.717) is 17.4 Å². The summed E-state index contributed by atoms with van der Waals surface area (Å²) in [6.07, 6.45) is 3.60. The van der Waals surface area contributed by atoms with E-state index >= 15 is 0 Å². The molecule has 116 valence electrons. The maximum absolute atomic E-state index is 11.2. The third-order valence-electron chi connectivity index (χ3n) is 3.09. The summed E-state index contributed by atoms with van der Waals surface area (Å²) in [5, 5.41) is 3.91. The Hall–Kier alpha value is -2.18. The highest BCUT2D eigenvalue weighted by Gasteiger charge is 2.13. The van der Waals surface area contributed by atoms with E-state index in [1.165, 1.54) is 6.20 Å². The van der Waals surface area contributed by atoms with Crippen LogP contribution in [-0.2, 0) is 4.74 Å². The average Bonchev–Trinajstić information content (AvgIpc) is 2.52. The molecule has 2 aromatic rings. The molecule has 1 aromatic heterocycles. The van der Waals surface area contributed by atoms with Crippen LogP contribution in [0.3, 0.4) is 0 Å². The summed E-state index contributed by atoms with van der Waals surface area (Å²) in [7, 11) is 1.65. The number of carbonyl (C=O) groups excluding carboxylic acids is 1. The molecule has 0 bridgehead atoms. The smallest absolute Gasteiger partial charge is 0.268 e. The maximum atomic E-state index is 11.2. The number of halogens is 1. The van der Waals surface area contributed by atoms with E-state index in [0.717, 1.165) is 12.0 Å². The van der Waals surface area contributed by atoms with Crippen molar-refractivity contribution in [3.63, 3.8) is 0 Å². The van der Waals surface area contributed by atoms with Gasteiger partial charge < -0.3 is 15.8 Å². The van der Waals surface area contributed by atoms with Gasteiger partial charge in [-0.05, 0) is 24.1 Å². The number of methoxy groups -OCH3 is 1. The van der Waals surface area contributed by atoms with E-state index in [4.69, 9.17) is 22.1 Å². The van der Waals surface area contributed by atoms with Crippen LogP contribution in [0.1, 0.15) is 28.5 Å². The van der Waals surface area contributed by atoms with Crippen LogP contribution in [0.25, 0.3) is 0 Å². The second-order valence-electron chi connectivity index (χ2n) is 4.68. The summed E-state index contributed by atoms with van der Waals surface area (Å²) < 4.78 is 5.14. The van der Waals surface area contributed by atoms with Gasteiger partial charge >= 0.3 is 0 Å². The number of hydrogen-bond acceptors (Lipinski definition) is 5.